The zero-order chi connectivity index (χ0) is 24.1. The number of hydrogen-bond acceptors (Lipinski definition) is 6. The van der Waals surface area contributed by atoms with E-state index in [9.17, 15) is 9.59 Å². The summed E-state index contributed by atoms with van der Waals surface area (Å²) in [5, 5.41) is 11.3. The topological polar surface area (TPSA) is 108 Å². The number of nitrogens with zero attached hydrogens (tertiary/aromatic N) is 2. The second kappa shape index (κ2) is 14.5. The number of nitriles is 1. The lowest BCUT2D eigenvalue weighted by atomic mass is 10.2. The number of benzene rings is 2. The van der Waals surface area contributed by atoms with Gasteiger partial charge in [0.15, 0.2) is 0 Å². The quantitative estimate of drug-likeness (QED) is 0.323. The monoisotopic (exact) mass is 566 g/mol. The number of rotatable bonds is 8. The molecule has 0 aliphatic heterocycles. The third-order valence-electron chi connectivity index (χ3n) is 4.33. The number of ether oxygens (including phenoxy) is 1. The van der Waals surface area contributed by atoms with Crippen LogP contribution in [-0.4, -0.2) is 32.1 Å². The second-order valence-corrected chi connectivity index (χ2v) is 8.57. The van der Waals surface area contributed by atoms with Crippen LogP contribution in [0.1, 0.15) is 38.7 Å². The van der Waals surface area contributed by atoms with Crippen LogP contribution in [0.25, 0.3) is 0 Å². The standard InChI is InChI=1S/C16H24N2O3.C7H4Br2N2/c1-4-5-10-18(11-9-16(20)21-3)15-8-6-7-14(12-15)17-13(2)19;8-5-1-4(3-10)2-6(9)7(5)11/h6-8,12H,4-5,9-11H2,1-3H3,(H,17,19);1-2H,11H2. The van der Waals surface area contributed by atoms with Gasteiger partial charge in [0.1, 0.15) is 0 Å². The van der Waals surface area contributed by atoms with Gasteiger partial charge in [-0.05, 0) is 68.6 Å². The van der Waals surface area contributed by atoms with Gasteiger partial charge in [-0.3, -0.25) is 9.59 Å². The molecule has 3 N–H and O–H groups in total. The van der Waals surface area contributed by atoms with E-state index >= 15 is 0 Å². The maximum atomic E-state index is 11.3. The Balaban J connectivity index is 0.000000389. The Morgan fingerprint density at radius 2 is 1.84 bits per heavy atom. The van der Waals surface area contributed by atoms with Crippen molar-refractivity contribution in [2.24, 2.45) is 0 Å². The van der Waals surface area contributed by atoms with Crippen molar-refractivity contribution in [1.82, 2.24) is 0 Å². The number of unbranched alkanes of at least 4 members (excludes halogenated alkanes) is 1. The summed E-state index contributed by atoms with van der Waals surface area (Å²) in [6, 6.07) is 13.0. The summed E-state index contributed by atoms with van der Waals surface area (Å²) in [6.45, 7) is 5.10. The molecule has 7 nitrogen and oxygen atoms in total. The third kappa shape index (κ3) is 9.71. The van der Waals surface area contributed by atoms with Crippen LogP contribution in [0.3, 0.4) is 0 Å². The van der Waals surface area contributed by atoms with Crippen LogP contribution in [0.15, 0.2) is 45.3 Å². The van der Waals surface area contributed by atoms with E-state index in [-0.39, 0.29) is 11.9 Å². The Morgan fingerprint density at radius 1 is 1.19 bits per heavy atom. The minimum absolute atomic E-state index is 0.0955. The lowest BCUT2D eigenvalue weighted by molar-refractivity contribution is -0.140. The Labute approximate surface area is 206 Å². The summed E-state index contributed by atoms with van der Waals surface area (Å²) >= 11 is 6.46. The average Bonchev–Trinajstić information content (AvgIpc) is 2.77. The van der Waals surface area contributed by atoms with Gasteiger partial charge in [-0.2, -0.15) is 5.26 Å². The van der Waals surface area contributed by atoms with Crippen LogP contribution in [0.2, 0.25) is 0 Å². The van der Waals surface area contributed by atoms with Crippen molar-refractivity contribution in [2.45, 2.75) is 33.1 Å². The Hall–Kier alpha value is -2.57. The van der Waals surface area contributed by atoms with Gasteiger partial charge in [0.2, 0.25) is 5.91 Å². The Kier molecular flexibility index (Phi) is 12.4. The number of halogens is 2. The normalized spacial score (nSPS) is 9.75. The van der Waals surface area contributed by atoms with Crippen LogP contribution >= 0.6 is 31.9 Å². The highest BCUT2D eigenvalue weighted by Gasteiger charge is 2.10. The molecule has 32 heavy (non-hydrogen) atoms. The van der Waals surface area contributed by atoms with E-state index in [1.54, 1.807) is 12.1 Å². The van der Waals surface area contributed by atoms with Crippen molar-refractivity contribution in [3.8, 4) is 6.07 Å². The first-order valence-corrected chi connectivity index (χ1v) is 11.6. The molecule has 2 aromatic rings. The molecule has 0 fully saturated rings. The fourth-order valence-corrected chi connectivity index (χ4v) is 3.87. The van der Waals surface area contributed by atoms with Gasteiger partial charge < -0.3 is 20.7 Å². The zero-order valence-electron chi connectivity index (χ0n) is 18.5. The van der Waals surface area contributed by atoms with Crippen molar-refractivity contribution >= 4 is 60.8 Å². The van der Waals surface area contributed by atoms with E-state index in [1.807, 2.05) is 30.3 Å². The molecular weight excluding hydrogens is 540 g/mol. The molecular formula is C23H28Br2N4O3. The van der Waals surface area contributed by atoms with Crippen molar-refractivity contribution in [3.63, 3.8) is 0 Å². The van der Waals surface area contributed by atoms with E-state index in [2.05, 4.69) is 49.0 Å². The first-order valence-electron chi connectivity index (χ1n) is 10.1. The minimum Gasteiger partial charge on any atom is -0.469 e. The molecule has 2 aromatic carbocycles. The number of amides is 1. The Morgan fingerprint density at radius 3 is 2.38 bits per heavy atom. The molecule has 0 radical (unpaired) electrons. The van der Waals surface area contributed by atoms with Crippen LogP contribution in [0.5, 0.6) is 0 Å². The van der Waals surface area contributed by atoms with Crippen LogP contribution in [-0.2, 0) is 14.3 Å². The molecule has 1 amide bonds. The van der Waals surface area contributed by atoms with Gasteiger partial charge in [-0.25, -0.2) is 0 Å². The summed E-state index contributed by atoms with van der Waals surface area (Å²) in [5.74, 6) is -0.309. The summed E-state index contributed by atoms with van der Waals surface area (Å²) in [5.41, 5.74) is 8.56. The average molecular weight is 568 g/mol. The van der Waals surface area contributed by atoms with Crippen LogP contribution < -0.4 is 16.0 Å². The highest BCUT2D eigenvalue weighted by Crippen LogP contribution is 2.29. The SMILES string of the molecule is CCCCN(CCC(=O)OC)c1cccc(NC(C)=O)c1.N#Cc1cc(Br)c(N)c(Br)c1. The van der Waals surface area contributed by atoms with E-state index in [0.29, 0.717) is 24.2 Å². The van der Waals surface area contributed by atoms with E-state index in [0.717, 1.165) is 39.7 Å². The molecule has 0 aromatic heterocycles. The molecule has 0 saturated carbocycles. The van der Waals surface area contributed by atoms with Crippen molar-refractivity contribution in [1.29, 1.82) is 5.26 Å². The molecule has 0 saturated heterocycles. The van der Waals surface area contributed by atoms with Gasteiger partial charge >= 0.3 is 5.97 Å². The molecule has 0 bridgehead atoms. The number of anilines is 3. The van der Waals surface area contributed by atoms with Crippen molar-refractivity contribution < 1.29 is 14.3 Å². The van der Waals surface area contributed by atoms with Crippen LogP contribution in [0.4, 0.5) is 17.1 Å². The van der Waals surface area contributed by atoms with Gasteiger partial charge in [0.05, 0.1) is 30.9 Å². The lowest BCUT2D eigenvalue weighted by Crippen LogP contribution is -2.27. The summed E-state index contributed by atoms with van der Waals surface area (Å²) in [4.78, 5) is 24.6. The first-order chi connectivity index (χ1) is 15.2. The molecule has 0 heterocycles. The third-order valence-corrected chi connectivity index (χ3v) is 5.65. The Bertz CT molecular complexity index is 937. The number of carbonyl (C=O) groups is 2. The van der Waals surface area contributed by atoms with Gasteiger partial charge in [-0.15, -0.1) is 0 Å². The number of esters is 1. The number of hydrogen-bond donors (Lipinski definition) is 2. The summed E-state index contributed by atoms with van der Waals surface area (Å²) < 4.78 is 6.17. The van der Waals surface area contributed by atoms with Crippen LogP contribution in [0, 0.1) is 11.3 Å². The number of carbonyl (C=O) groups excluding carboxylic acids is 2. The lowest BCUT2D eigenvalue weighted by Gasteiger charge is -2.25. The number of nitrogens with two attached hydrogens (primary N) is 1. The van der Waals surface area contributed by atoms with E-state index in [4.69, 9.17) is 15.7 Å². The maximum absolute atomic E-state index is 11.3. The first kappa shape index (κ1) is 27.5. The van der Waals surface area contributed by atoms with Gasteiger partial charge in [0.25, 0.3) is 0 Å². The number of nitrogen functional groups attached to an aromatic ring is 1. The van der Waals surface area contributed by atoms with E-state index < -0.39 is 0 Å². The largest absolute Gasteiger partial charge is 0.469 e. The van der Waals surface area contributed by atoms with Crippen molar-refractivity contribution in [3.05, 3.63) is 50.9 Å². The fraction of sp³-hybridized carbons (Fsp3) is 0.348. The highest BCUT2D eigenvalue weighted by atomic mass is 79.9. The molecule has 2 rings (SSSR count). The molecule has 0 aliphatic carbocycles. The molecule has 0 unspecified atom stereocenters. The molecule has 9 heteroatoms. The molecule has 172 valence electrons. The summed E-state index contributed by atoms with van der Waals surface area (Å²) in [7, 11) is 1.40. The summed E-state index contributed by atoms with van der Waals surface area (Å²) in [6.07, 6.45) is 2.48. The predicted molar refractivity (Wildman–Crippen MR) is 135 cm³/mol. The maximum Gasteiger partial charge on any atom is 0.307 e. The number of methoxy groups -OCH3 is 1. The smallest absolute Gasteiger partial charge is 0.307 e. The van der Waals surface area contributed by atoms with Gasteiger partial charge in [0, 0.05) is 40.3 Å². The van der Waals surface area contributed by atoms with E-state index in [1.165, 1.54) is 14.0 Å². The molecule has 0 spiro atoms. The minimum atomic E-state index is -0.213. The van der Waals surface area contributed by atoms with Crippen molar-refractivity contribution in [2.75, 3.05) is 36.1 Å². The molecule has 0 atom stereocenters. The van der Waals surface area contributed by atoms with Gasteiger partial charge in [-0.1, -0.05) is 19.4 Å². The zero-order valence-corrected chi connectivity index (χ0v) is 21.6. The second-order valence-electron chi connectivity index (χ2n) is 6.86. The highest BCUT2D eigenvalue weighted by molar-refractivity contribution is 9.11. The molecule has 0 aliphatic rings. The fourth-order valence-electron chi connectivity index (χ4n) is 2.68. The predicted octanol–water partition coefficient (Wildman–Crippen LogP) is 5.48. The number of nitrogens with one attached hydrogen (secondary N) is 1.